The number of nitrogens with zero attached hydrogens (tertiary/aromatic N) is 2. The number of ether oxygens (including phenoxy) is 4. The van der Waals surface area contributed by atoms with E-state index in [0.717, 1.165) is 36.4 Å². The van der Waals surface area contributed by atoms with Gasteiger partial charge in [0.2, 0.25) is 5.91 Å². The summed E-state index contributed by atoms with van der Waals surface area (Å²) in [7, 11) is 0. The average molecular weight is 579 g/mol. The van der Waals surface area contributed by atoms with Gasteiger partial charge in [-0.3, -0.25) is 4.79 Å². The number of amides is 4. The molecule has 2 aromatic carbocycles. The molecule has 1 unspecified atom stereocenters. The second-order valence-corrected chi connectivity index (χ2v) is 11.4. The Hall–Kier alpha value is -3.83. The molecule has 0 radical (unpaired) electrons. The molecule has 2 aromatic rings. The highest BCUT2D eigenvalue weighted by atomic mass is 16.5. The summed E-state index contributed by atoms with van der Waals surface area (Å²) in [5.74, 6) is 2.03. The summed E-state index contributed by atoms with van der Waals surface area (Å²) < 4.78 is 22.8. The first-order chi connectivity index (χ1) is 20.5. The van der Waals surface area contributed by atoms with Crippen LogP contribution in [0.15, 0.2) is 54.6 Å². The molecular formula is C31H38N4O7. The van der Waals surface area contributed by atoms with Gasteiger partial charge >= 0.3 is 12.1 Å². The molecule has 2 N–H and O–H groups in total. The molecule has 6 rings (SSSR count). The van der Waals surface area contributed by atoms with Crippen LogP contribution in [0.25, 0.3) is 0 Å². The number of nitrogens with one attached hydrogen (secondary N) is 2. The SMILES string of the molecule is O=C1CO[C@H]2CCN(C(=O)N3C[C@@H]4C(COCc5ccccc5OCCNC(=O)OCc5ccccc5)[C@@H]4C3)C[C@H]2N1. The van der Waals surface area contributed by atoms with Gasteiger partial charge in [-0.1, -0.05) is 48.5 Å². The smallest absolute Gasteiger partial charge is 0.407 e. The van der Waals surface area contributed by atoms with E-state index < -0.39 is 6.09 Å². The number of piperidine rings is 2. The molecule has 0 aromatic heterocycles. The summed E-state index contributed by atoms with van der Waals surface area (Å²) in [6.07, 6.45) is 0.268. The molecule has 1 saturated carbocycles. The third-order valence-corrected chi connectivity index (χ3v) is 8.62. The number of likely N-dealkylation sites (tertiary alicyclic amines) is 2. The maximum atomic E-state index is 13.1. The van der Waals surface area contributed by atoms with Crippen LogP contribution >= 0.6 is 0 Å². The zero-order valence-electron chi connectivity index (χ0n) is 23.6. The number of rotatable bonds is 10. The van der Waals surface area contributed by atoms with E-state index in [4.69, 9.17) is 18.9 Å². The Bertz CT molecular complexity index is 1250. The van der Waals surface area contributed by atoms with Crippen molar-refractivity contribution >= 4 is 18.0 Å². The standard InChI is InChI=1S/C31H38N4O7/c36-29-20-41-28-10-12-34(16-26(28)33-29)31(38)35-14-23-24(15-35)25(23)19-39-18-22-8-4-5-9-27(22)40-13-11-32-30(37)42-17-21-6-2-1-3-7-21/h1-9,23-26,28H,10-20H2,(H,32,37)(H,33,36)/t23-,24+,25?,26-,28+/m1/s1. The van der Waals surface area contributed by atoms with E-state index in [1.807, 2.05) is 64.4 Å². The van der Waals surface area contributed by atoms with E-state index >= 15 is 0 Å². The minimum absolute atomic E-state index is 0.00132. The fourth-order valence-corrected chi connectivity index (χ4v) is 6.28. The fourth-order valence-electron chi connectivity index (χ4n) is 6.28. The first kappa shape index (κ1) is 28.3. The van der Waals surface area contributed by atoms with Gasteiger partial charge in [0.05, 0.1) is 31.9 Å². The maximum absolute atomic E-state index is 13.1. The first-order valence-corrected chi connectivity index (χ1v) is 14.7. The minimum Gasteiger partial charge on any atom is -0.491 e. The lowest BCUT2D eigenvalue weighted by Gasteiger charge is -2.42. The van der Waals surface area contributed by atoms with Crippen LogP contribution < -0.4 is 15.4 Å². The van der Waals surface area contributed by atoms with Crippen LogP contribution in [0, 0.1) is 17.8 Å². The number of alkyl carbamates (subject to hydrolysis) is 1. The predicted molar refractivity (Wildman–Crippen MR) is 152 cm³/mol. The Labute approximate surface area is 245 Å². The van der Waals surface area contributed by atoms with Crippen LogP contribution in [0.1, 0.15) is 17.5 Å². The van der Waals surface area contributed by atoms with Crippen LogP contribution in [0.4, 0.5) is 9.59 Å². The van der Waals surface area contributed by atoms with Gasteiger partial charge in [-0.05, 0) is 35.8 Å². The largest absolute Gasteiger partial charge is 0.491 e. The molecule has 0 bridgehead atoms. The summed E-state index contributed by atoms with van der Waals surface area (Å²) in [4.78, 5) is 40.6. The number of para-hydroxylation sites is 1. The van der Waals surface area contributed by atoms with Gasteiger partial charge in [-0.25, -0.2) is 9.59 Å². The minimum atomic E-state index is -0.480. The zero-order valence-corrected chi connectivity index (χ0v) is 23.6. The third-order valence-electron chi connectivity index (χ3n) is 8.62. The van der Waals surface area contributed by atoms with E-state index in [0.29, 0.717) is 57.2 Å². The topological polar surface area (TPSA) is 119 Å². The Morgan fingerprint density at radius 1 is 0.976 bits per heavy atom. The Kier molecular flexibility index (Phi) is 8.76. The van der Waals surface area contributed by atoms with Crippen molar-refractivity contribution in [2.24, 2.45) is 17.8 Å². The molecule has 4 amide bonds. The van der Waals surface area contributed by atoms with Crippen LogP contribution in [0.5, 0.6) is 5.75 Å². The second kappa shape index (κ2) is 13.0. The molecular weight excluding hydrogens is 540 g/mol. The number of hydrogen-bond donors (Lipinski definition) is 2. The van der Waals surface area contributed by atoms with Crippen LogP contribution in [0.2, 0.25) is 0 Å². The van der Waals surface area contributed by atoms with Crippen LogP contribution in [-0.4, -0.2) is 92.5 Å². The first-order valence-electron chi connectivity index (χ1n) is 14.7. The van der Waals surface area contributed by atoms with E-state index in [9.17, 15) is 14.4 Å². The van der Waals surface area contributed by atoms with Gasteiger partial charge < -0.3 is 39.4 Å². The quantitative estimate of drug-likeness (QED) is 0.416. The van der Waals surface area contributed by atoms with Crippen molar-refractivity contribution in [3.8, 4) is 5.75 Å². The molecule has 224 valence electrons. The lowest BCUT2D eigenvalue weighted by atomic mass is 10.0. The highest BCUT2D eigenvalue weighted by molar-refractivity contribution is 5.79. The maximum Gasteiger partial charge on any atom is 0.407 e. The van der Waals surface area contributed by atoms with Crippen LogP contribution in [-0.2, 0) is 32.2 Å². The summed E-state index contributed by atoms with van der Waals surface area (Å²) in [5, 5.41) is 5.67. The predicted octanol–water partition coefficient (Wildman–Crippen LogP) is 2.40. The van der Waals surface area contributed by atoms with Gasteiger partial charge in [0.15, 0.2) is 0 Å². The molecule has 11 heteroatoms. The van der Waals surface area contributed by atoms with Crippen molar-refractivity contribution < 1.29 is 33.3 Å². The summed E-state index contributed by atoms with van der Waals surface area (Å²) in [6.45, 7) is 4.72. The number of carbonyl (C=O) groups is 3. The molecule has 3 aliphatic heterocycles. The van der Waals surface area contributed by atoms with Gasteiger partial charge in [-0.15, -0.1) is 0 Å². The van der Waals surface area contributed by atoms with Crippen molar-refractivity contribution in [2.45, 2.75) is 31.8 Å². The number of benzene rings is 2. The Morgan fingerprint density at radius 3 is 2.60 bits per heavy atom. The Morgan fingerprint density at radius 2 is 1.76 bits per heavy atom. The molecule has 5 atom stereocenters. The number of urea groups is 1. The summed E-state index contributed by atoms with van der Waals surface area (Å²) >= 11 is 0. The van der Waals surface area contributed by atoms with Gasteiger partial charge in [-0.2, -0.15) is 0 Å². The number of fused-ring (bicyclic) bond motifs is 2. The van der Waals surface area contributed by atoms with Gasteiger partial charge in [0.1, 0.15) is 25.6 Å². The normalized spacial score (nSPS) is 26.1. The zero-order chi connectivity index (χ0) is 28.9. The fraction of sp³-hybridized carbons (Fsp3) is 0.516. The summed E-state index contributed by atoms with van der Waals surface area (Å²) in [5.41, 5.74) is 1.88. The molecule has 1 aliphatic carbocycles. The second-order valence-electron chi connectivity index (χ2n) is 11.4. The lowest BCUT2D eigenvalue weighted by molar-refractivity contribution is -0.139. The Balaban J connectivity index is 0.871. The van der Waals surface area contributed by atoms with Crippen molar-refractivity contribution in [3.63, 3.8) is 0 Å². The van der Waals surface area contributed by atoms with Crippen molar-refractivity contribution in [1.82, 2.24) is 20.4 Å². The number of morpholine rings is 1. The molecule has 4 aliphatic rings. The van der Waals surface area contributed by atoms with Crippen molar-refractivity contribution in [3.05, 3.63) is 65.7 Å². The summed E-state index contributed by atoms with van der Waals surface area (Å²) in [6, 6.07) is 17.2. The van der Waals surface area contributed by atoms with Gasteiger partial charge in [0.25, 0.3) is 0 Å². The number of hydrogen-bond acceptors (Lipinski definition) is 7. The van der Waals surface area contributed by atoms with E-state index in [2.05, 4.69) is 10.6 Å². The number of carbonyl (C=O) groups excluding carboxylic acids is 3. The van der Waals surface area contributed by atoms with E-state index in [-0.39, 0.29) is 37.3 Å². The van der Waals surface area contributed by atoms with E-state index in [1.165, 1.54) is 0 Å². The highest BCUT2D eigenvalue weighted by Gasteiger charge is 2.57. The van der Waals surface area contributed by atoms with Gasteiger partial charge in [0, 0.05) is 31.7 Å². The van der Waals surface area contributed by atoms with Crippen molar-refractivity contribution in [1.29, 1.82) is 0 Å². The molecule has 11 nitrogen and oxygen atoms in total. The van der Waals surface area contributed by atoms with E-state index in [1.54, 1.807) is 0 Å². The third kappa shape index (κ3) is 6.79. The monoisotopic (exact) mass is 578 g/mol. The molecule has 0 spiro atoms. The molecule has 42 heavy (non-hydrogen) atoms. The highest BCUT2D eigenvalue weighted by Crippen LogP contribution is 2.52. The molecule has 3 saturated heterocycles. The molecule has 4 fully saturated rings. The lowest BCUT2D eigenvalue weighted by Crippen LogP contribution is -2.62. The van der Waals surface area contributed by atoms with Crippen LogP contribution in [0.3, 0.4) is 0 Å². The molecule has 3 heterocycles. The van der Waals surface area contributed by atoms with Crippen molar-refractivity contribution in [2.75, 3.05) is 52.5 Å². The average Bonchev–Trinajstić information content (AvgIpc) is 3.45.